The fraction of sp³-hybridized carbons (Fsp3) is 0.111. The van der Waals surface area contributed by atoms with Gasteiger partial charge in [0, 0.05) is 53.2 Å². The SMILES string of the molecule is COc1ccc(NC(=O)c2oc3ccccc3c2CSc2ncccn2)cc1OCc1ccncc1. The first kappa shape index (κ1) is 23.4. The van der Waals surface area contributed by atoms with E-state index in [-0.39, 0.29) is 11.7 Å². The Kier molecular flexibility index (Phi) is 7.09. The van der Waals surface area contributed by atoms with Crippen LogP contribution in [-0.2, 0) is 12.4 Å². The van der Waals surface area contributed by atoms with Gasteiger partial charge < -0.3 is 19.2 Å². The van der Waals surface area contributed by atoms with Crippen molar-refractivity contribution >= 4 is 34.3 Å². The van der Waals surface area contributed by atoms with Gasteiger partial charge in [-0.1, -0.05) is 30.0 Å². The molecule has 0 aliphatic rings. The summed E-state index contributed by atoms with van der Waals surface area (Å²) in [6, 6.07) is 18.3. The molecule has 36 heavy (non-hydrogen) atoms. The normalized spacial score (nSPS) is 10.8. The molecule has 0 saturated heterocycles. The van der Waals surface area contributed by atoms with Crippen LogP contribution in [0.25, 0.3) is 11.0 Å². The van der Waals surface area contributed by atoms with Gasteiger partial charge in [0.15, 0.2) is 22.4 Å². The molecule has 3 aromatic heterocycles. The Hall–Kier alpha value is -4.37. The molecule has 180 valence electrons. The van der Waals surface area contributed by atoms with Crippen molar-refractivity contribution in [2.24, 2.45) is 0 Å². The predicted molar refractivity (Wildman–Crippen MR) is 137 cm³/mol. The van der Waals surface area contributed by atoms with Crippen LogP contribution in [0.15, 0.2) is 95.0 Å². The summed E-state index contributed by atoms with van der Waals surface area (Å²) in [5, 5.41) is 4.43. The second-order valence-corrected chi connectivity index (χ2v) is 8.63. The smallest absolute Gasteiger partial charge is 0.291 e. The van der Waals surface area contributed by atoms with Crippen molar-refractivity contribution in [2.75, 3.05) is 12.4 Å². The van der Waals surface area contributed by atoms with Crippen LogP contribution in [0.5, 0.6) is 11.5 Å². The van der Waals surface area contributed by atoms with E-state index in [0.717, 1.165) is 16.5 Å². The topological polar surface area (TPSA) is 99.4 Å². The molecule has 2 aromatic carbocycles. The highest BCUT2D eigenvalue weighted by Gasteiger charge is 2.21. The third-order valence-corrected chi connectivity index (χ3v) is 6.26. The standard InChI is InChI=1S/C27H22N4O4S/c1-33-23-8-7-19(15-24(23)34-16-18-9-13-28-14-10-18)31-26(32)25-21(17-36-27-29-11-4-12-30-27)20-5-2-3-6-22(20)35-25/h2-15H,16-17H2,1H3,(H,31,32). The number of amides is 1. The molecule has 0 bridgehead atoms. The van der Waals surface area contributed by atoms with Crippen molar-refractivity contribution in [3.63, 3.8) is 0 Å². The molecule has 1 amide bonds. The second kappa shape index (κ2) is 10.9. The van der Waals surface area contributed by atoms with E-state index in [2.05, 4.69) is 20.3 Å². The van der Waals surface area contributed by atoms with Crippen molar-refractivity contribution in [2.45, 2.75) is 17.5 Å². The van der Waals surface area contributed by atoms with Gasteiger partial charge in [-0.05, 0) is 42.0 Å². The lowest BCUT2D eigenvalue weighted by Gasteiger charge is -2.13. The molecule has 0 spiro atoms. The van der Waals surface area contributed by atoms with Crippen LogP contribution >= 0.6 is 11.8 Å². The number of nitrogens with zero attached hydrogens (tertiary/aromatic N) is 3. The lowest BCUT2D eigenvalue weighted by molar-refractivity contribution is 0.0998. The number of fused-ring (bicyclic) bond motifs is 1. The summed E-state index contributed by atoms with van der Waals surface area (Å²) < 4.78 is 17.4. The number of anilines is 1. The van der Waals surface area contributed by atoms with E-state index in [9.17, 15) is 4.79 Å². The number of methoxy groups -OCH3 is 1. The largest absolute Gasteiger partial charge is 0.493 e. The number of nitrogens with one attached hydrogen (secondary N) is 1. The number of furan rings is 1. The van der Waals surface area contributed by atoms with Crippen LogP contribution in [-0.4, -0.2) is 28.0 Å². The molecule has 5 rings (SSSR count). The highest BCUT2D eigenvalue weighted by molar-refractivity contribution is 7.98. The molecule has 0 aliphatic heterocycles. The second-order valence-electron chi connectivity index (χ2n) is 7.69. The van der Waals surface area contributed by atoms with Gasteiger partial charge in [-0.3, -0.25) is 9.78 Å². The van der Waals surface area contributed by atoms with Crippen molar-refractivity contribution in [3.8, 4) is 11.5 Å². The van der Waals surface area contributed by atoms with Gasteiger partial charge in [0.1, 0.15) is 12.2 Å². The molecular formula is C27H22N4O4S. The summed E-state index contributed by atoms with van der Waals surface area (Å²) >= 11 is 1.44. The van der Waals surface area contributed by atoms with E-state index < -0.39 is 0 Å². The van der Waals surface area contributed by atoms with Crippen LogP contribution in [0, 0.1) is 0 Å². The van der Waals surface area contributed by atoms with Crippen LogP contribution < -0.4 is 14.8 Å². The maximum atomic E-state index is 13.3. The Morgan fingerprint density at radius 3 is 2.58 bits per heavy atom. The number of benzene rings is 2. The van der Waals surface area contributed by atoms with Gasteiger partial charge in [-0.15, -0.1) is 0 Å². The van der Waals surface area contributed by atoms with E-state index in [0.29, 0.717) is 40.3 Å². The average Bonchev–Trinajstić information content (AvgIpc) is 3.31. The average molecular weight is 499 g/mol. The summed E-state index contributed by atoms with van der Waals surface area (Å²) in [6.07, 6.45) is 6.79. The Bertz CT molecular complexity index is 1480. The maximum Gasteiger partial charge on any atom is 0.291 e. The predicted octanol–water partition coefficient (Wildman–Crippen LogP) is 5.75. The number of ether oxygens (including phenoxy) is 2. The van der Waals surface area contributed by atoms with Crippen molar-refractivity contribution in [3.05, 3.63) is 102 Å². The Balaban J connectivity index is 1.38. The highest BCUT2D eigenvalue weighted by atomic mass is 32.2. The van der Waals surface area contributed by atoms with Crippen LogP contribution in [0.2, 0.25) is 0 Å². The minimum Gasteiger partial charge on any atom is -0.493 e. The summed E-state index contributed by atoms with van der Waals surface area (Å²) in [6.45, 7) is 0.336. The van der Waals surface area contributed by atoms with Crippen LogP contribution in [0.4, 0.5) is 5.69 Å². The van der Waals surface area contributed by atoms with E-state index in [4.69, 9.17) is 13.9 Å². The van der Waals surface area contributed by atoms with Crippen LogP contribution in [0.3, 0.4) is 0 Å². The fourth-order valence-electron chi connectivity index (χ4n) is 3.62. The number of carbonyl (C=O) groups is 1. The number of thioether (sulfide) groups is 1. The van der Waals surface area contributed by atoms with Gasteiger partial charge in [0.05, 0.1) is 7.11 Å². The number of para-hydroxylation sites is 1. The first-order valence-electron chi connectivity index (χ1n) is 11.1. The minimum atomic E-state index is -0.360. The molecule has 0 radical (unpaired) electrons. The molecule has 0 aliphatic carbocycles. The third-order valence-electron chi connectivity index (χ3n) is 5.36. The molecular weight excluding hydrogens is 476 g/mol. The lowest BCUT2D eigenvalue weighted by atomic mass is 10.1. The minimum absolute atomic E-state index is 0.245. The fourth-order valence-corrected chi connectivity index (χ4v) is 4.45. The molecule has 8 nitrogen and oxygen atoms in total. The molecule has 0 fully saturated rings. The molecule has 1 N–H and O–H groups in total. The molecule has 5 aromatic rings. The quantitative estimate of drug-likeness (QED) is 0.203. The van der Waals surface area contributed by atoms with Crippen molar-refractivity contribution in [1.82, 2.24) is 15.0 Å². The molecule has 0 atom stereocenters. The van der Waals surface area contributed by atoms with E-state index in [1.54, 1.807) is 56.2 Å². The van der Waals surface area contributed by atoms with Crippen molar-refractivity contribution < 1.29 is 18.7 Å². The number of rotatable bonds is 9. The van der Waals surface area contributed by atoms with E-state index in [1.165, 1.54) is 11.8 Å². The van der Waals surface area contributed by atoms with Crippen LogP contribution in [0.1, 0.15) is 21.7 Å². The van der Waals surface area contributed by atoms with E-state index >= 15 is 0 Å². The first-order chi connectivity index (χ1) is 17.7. The Labute approximate surface area is 211 Å². The number of hydrogen-bond donors (Lipinski definition) is 1. The van der Waals surface area contributed by atoms with E-state index in [1.807, 2.05) is 36.4 Å². The maximum absolute atomic E-state index is 13.3. The zero-order valence-electron chi connectivity index (χ0n) is 19.4. The number of aromatic nitrogens is 3. The summed E-state index contributed by atoms with van der Waals surface area (Å²) in [4.78, 5) is 25.9. The Morgan fingerprint density at radius 2 is 1.78 bits per heavy atom. The Morgan fingerprint density at radius 1 is 0.972 bits per heavy atom. The van der Waals surface area contributed by atoms with Crippen molar-refractivity contribution in [1.29, 1.82) is 0 Å². The van der Waals surface area contributed by atoms with Gasteiger partial charge in [0.2, 0.25) is 0 Å². The van der Waals surface area contributed by atoms with Gasteiger partial charge in [0.25, 0.3) is 5.91 Å². The molecule has 9 heteroatoms. The summed E-state index contributed by atoms with van der Waals surface area (Å²) in [5.74, 6) is 1.43. The molecule has 0 saturated carbocycles. The zero-order chi connectivity index (χ0) is 24.7. The third kappa shape index (κ3) is 5.31. The summed E-state index contributed by atoms with van der Waals surface area (Å²) in [5.41, 5.74) is 2.94. The molecule has 0 unspecified atom stereocenters. The van der Waals surface area contributed by atoms with Gasteiger partial charge in [-0.25, -0.2) is 9.97 Å². The zero-order valence-corrected chi connectivity index (χ0v) is 20.2. The lowest BCUT2D eigenvalue weighted by Crippen LogP contribution is -2.13. The summed E-state index contributed by atoms with van der Waals surface area (Å²) in [7, 11) is 1.57. The monoisotopic (exact) mass is 498 g/mol. The number of pyridine rings is 1. The first-order valence-corrected chi connectivity index (χ1v) is 12.1. The number of hydrogen-bond acceptors (Lipinski definition) is 8. The number of carbonyl (C=O) groups excluding carboxylic acids is 1. The van der Waals surface area contributed by atoms with Gasteiger partial charge >= 0.3 is 0 Å². The highest BCUT2D eigenvalue weighted by Crippen LogP contribution is 2.33. The molecule has 3 heterocycles. The van der Waals surface area contributed by atoms with Gasteiger partial charge in [-0.2, -0.15) is 0 Å².